The van der Waals surface area contributed by atoms with E-state index in [0.717, 1.165) is 18.8 Å². The molecule has 4 heteroatoms. The van der Waals surface area contributed by atoms with Gasteiger partial charge in [-0.3, -0.25) is 4.68 Å². The molecule has 68 valence electrons. The standard InChI is InChI=1S/C9H12N4/c1-12-8-5-10-9(12)3-7-13-6-2-4-11-13/h2,4-6,8H,3,7H2,1H3. The second kappa shape index (κ2) is 3.43. The Morgan fingerprint density at radius 1 is 1.31 bits per heavy atom. The Hall–Kier alpha value is -1.58. The molecule has 0 spiro atoms. The van der Waals surface area contributed by atoms with Gasteiger partial charge in [0.1, 0.15) is 5.82 Å². The summed E-state index contributed by atoms with van der Waals surface area (Å²) in [5.41, 5.74) is 0. The third kappa shape index (κ3) is 1.77. The fourth-order valence-electron chi connectivity index (χ4n) is 1.28. The van der Waals surface area contributed by atoms with E-state index in [9.17, 15) is 0 Å². The minimum Gasteiger partial charge on any atom is -0.338 e. The number of rotatable bonds is 3. The quantitative estimate of drug-likeness (QED) is 0.695. The monoisotopic (exact) mass is 176 g/mol. The first-order chi connectivity index (χ1) is 6.36. The van der Waals surface area contributed by atoms with Crippen LogP contribution >= 0.6 is 0 Å². The Kier molecular flexibility index (Phi) is 2.12. The molecule has 2 rings (SSSR count). The molecule has 0 aliphatic rings. The van der Waals surface area contributed by atoms with Gasteiger partial charge in [0, 0.05) is 44.8 Å². The topological polar surface area (TPSA) is 35.6 Å². The van der Waals surface area contributed by atoms with Crippen molar-refractivity contribution in [3.63, 3.8) is 0 Å². The maximum Gasteiger partial charge on any atom is 0.110 e. The van der Waals surface area contributed by atoms with Gasteiger partial charge in [0.15, 0.2) is 0 Å². The Labute approximate surface area is 76.8 Å². The SMILES string of the molecule is Cn1ccnc1CCn1cccn1. The van der Waals surface area contributed by atoms with Crippen LogP contribution in [0.5, 0.6) is 0 Å². The second-order valence-electron chi connectivity index (χ2n) is 2.97. The van der Waals surface area contributed by atoms with E-state index in [1.165, 1.54) is 0 Å². The minimum atomic E-state index is 0.887. The van der Waals surface area contributed by atoms with E-state index in [1.54, 1.807) is 6.20 Å². The molecule has 0 radical (unpaired) electrons. The van der Waals surface area contributed by atoms with Crippen molar-refractivity contribution in [2.75, 3.05) is 0 Å². The number of hydrogen-bond donors (Lipinski definition) is 0. The van der Waals surface area contributed by atoms with E-state index < -0.39 is 0 Å². The highest BCUT2D eigenvalue weighted by molar-refractivity contribution is 4.91. The Morgan fingerprint density at radius 2 is 2.23 bits per heavy atom. The highest BCUT2D eigenvalue weighted by atomic mass is 15.3. The molecule has 0 aliphatic carbocycles. The Balaban J connectivity index is 1.97. The normalized spacial score (nSPS) is 10.5. The maximum absolute atomic E-state index is 4.24. The zero-order valence-electron chi connectivity index (χ0n) is 7.59. The van der Waals surface area contributed by atoms with Crippen LogP contribution in [0, 0.1) is 0 Å². The first kappa shape index (κ1) is 8.04. The molecule has 2 aromatic heterocycles. The molecule has 0 aromatic carbocycles. The predicted molar refractivity (Wildman–Crippen MR) is 49.1 cm³/mol. The van der Waals surface area contributed by atoms with Crippen LogP contribution in [-0.2, 0) is 20.0 Å². The van der Waals surface area contributed by atoms with Crippen LogP contribution in [0.25, 0.3) is 0 Å². The zero-order chi connectivity index (χ0) is 9.10. The summed E-state index contributed by atoms with van der Waals surface area (Å²) < 4.78 is 3.94. The van der Waals surface area contributed by atoms with Gasteiger partial charge in [0.25, 0.3) is 0 Å². The molecule has 0 bridgehead atoms. The third-order valence-corrected chi connectivity index (χ3v) is 2.04. The molecular weight excluding hydrogens is 164 g/mol. The lowest BCUT2D eigenvalue weighted by Gasteiger charge is -2.01. The van der Waals surface area contributed by atoms with E-state index in [1.807, 2.05) is 41.0 Å². The summed E-state index contributed by atoms with van der Waals surface area (Å²) in [5, 5.41) is 4.12. The van der Waals surface area contributed by atoms with E-state index in [-0.39, 0.29) is 0 Å². The minimum absolute atomic E-state index is 0.887. The van der Waals surface area contributed by atoms with Crippen molar-refractivity contribution in [3.05, 3.63) is 36.7 Å². The molecule has 0 atom stereocenters. The molecule has 0 N–H and O–H groups in total. The summed E-state index contributed by atoms with van der Waals surface area (Å²) in [7, 11) is 2.01. The molecule has 4 nitrogen and oxygen atoms in total. The van der Waals surface area contributed by atoms with E-state index >= 15 is 0 Å². The van der Waals surface area contributed by atoms with Crippen molar-refractivity contribution in [1.82, 2.24) is 19.3 Å². The first-order valence-corrected chi connectivity index (χ1v) is 4.30. The smallest absolute Gasteiger partial charge is 0.110 e. The summed E-state index contributed by atoms with van der Waals surface area (Å²) in [6.07, 6.45) is 8.45. The molecule has 0 aliphatic heterocycles. The van der Waals surface area contributed by atoms with Crippen LogP contribution in [0.1, 0.15) is 5.82 Å². The van der Waals surface area contributed by atoms with Gasteiger partial charge in [-0.1, -0.05) is 0 Å². The van der Waals surface area contributed by atoms with Gasteiger partial charge in [0.2, 0.25) is 0 Å². The van der Waals surface area contributed by atoms with Crippen molar-refractivity contribution in [3.8, 4) is 0 Å². The lowest BCUT2D eigenvalue weighted by molar-refractivity contribution is 0.589. The van der Waals surface area contributed by atoms with E-state index in [4.69, 9.17) is 0 Å². The molecule has 2 aromatic rings. The van der Waals surface area contributed by atoms with E-state index in [2.05, 4.69) is 10.1 Å². The summed E-state index contributed by atoms with van der Waals surface area (Å²) >= 11 is 0. The molecular formula is C9H12N4. The lowest BCUT2D eigenvalue weighted by atomic mass is 10.4. The average Bonchev–Trinajstić information content (AvgIpc) is 2.72. The zero-order valence-corrected chi connectivity index (χ0v) is 7.59. The Morgan fingerprint density at radius 3 is 2.85 bits per heavy atom. The molecule has 0 saturated heterocycles. The van der Waals surface area contributed by atoms with Crippen molar-refractivity contribution in [2.45, 2.75) is 13.0 Å². The van der Waals surface area contributed by atoms with Gasteiger partial charge < -0.3 is 4.57 Å². The highest BCUT2D eigenvalue weighted by Crippen LogP contribution is 1.97. The van der Waals surface area contributed by atoms with Crippen LogP contribution in [0.3, 0.4) is 0 Å². The predicted octanol–water partition coefficient (Wildman–Crippen LogP) is 0.859. The lowest BCUT2D eigenvalue weighted by Crippen LogP contribution is -2.05. The first-order valence-electron chi connectivity index (χ1n) is 4.30. The van der Waals surface area contributed by atoms with Crippen LogP contribution in [-0.4, -0.2) is 19.3 Å². The van der Waals surface area contributed by atoms with Gasteiger partial charge in [-0.15, -0.1) is 0 Å². The molecule has 13 heavy (non-hydrogen) atoms. The Bertz CT molecular complexity index is 361. The third-order valence-electron chi connectivity index (χ3n) is 2.04. The second-order valence-corrected chi connectivity index (χ2v) is 2.97. The number of aromatic nitrogens is 4. The number of hydrogen-bond acceptors (Lipinski definition) is 2. The number of aryl methyl sites for hydroxylation is 3. The van der Waals surface area contributed by atoms with Gasteiger partial charge in [-0.2, -0.15) is 5.10 Å². The summed E-state index contributed by atoms with van der Waals surface area (Å²) in [5.74, 6) is 1.09. The van der Waals surface area contributed by atoms with Gasteiger partial charge in [0.05, 0.1) is 0 Å². The molecule has 0 saturated carbocycles. The van der Waals surface area contributed by atoms with Gasteiger partial charge >= 0.3 is 0 Å². The summed E-state index contributed by atoms with van der Waals surface area (Å²) in [6, 6.07) is 1.93. The number of nitrogens with zero attached hydrogens (tertiary/aromatic N) is 4. The molecule has 0 unspecified atom stereocenters. The van der Waals surface area contributed by atoms with Crippen molar-refractivity contribution in [1.29, 1.82) is 0 Å². The van der Waals surface area contributed by atoms with Gasteiger partial charge in [-0.05, 0) is 6.07 Å². The van der Waals surface area contributed by atoms with Crippen LogP contribution in [0.4, 0.5) is 0 Å². The average molecular weight is 176 g/mol. The van der Waals surface area contributed by atoms with Crippen molar-refractivity contribution < 1.29 is 0 Å². The van der Waals surface area contributed by atoms with Crippen LogP contribution < -0.4 is 0 Å². The summed E-state index contributed by atoms with van der Waals surface area (Å²) in [6.45, 7) is 0.887. The molecule has 2 heterocycles. The fourth-order valence-corrected chi connectivity index (χ4v) is 1.28. The van der Waals surface area contributed by atoms with Crippen molar-refractivity contribution in [2.24, 2.45) is 7.05 Å². The van der Waals surface area contributed by atoms with Crippen LogP contribution in [0.2, 0.25) is 0 Å². The van der Waals surface area contributed by atoms with Crippen molar-refractivity contribution >= 4 is 0 Å². The summed E-state index contributed by atoms with van der Waals surface area (Å²) in [4.78, 5) is 4.24. The molecule has 0 amide bonds. The molecule has 0 fully saturated rings. The fraction of sp³-hybridized carbons (Fsp3) is 0.333. The number of imidazole rings is 1. The largest absolute Gasteiger partial charge is 0.338 e. The van der Waals surface area contributed by atoms with Gasteiger partial charge in [-0.25, -0.2) is 4.98 Å². The maximum atomic E-state index is 4.24. The highest BCUT2D eigenvalue weighted by Gasteiger charge is 1.98. The van der Waals surface area contributed by atoms with Crippen LogP contribution in [0.15, 0.2) is 30.9 Å². The van der Waals surface area contributed by atoms with E-state index in [0.29, 0.717) is 0 Å².